The Bertz CT molecular complexity index is 436. The molecule has 1 amide bonds. The first kappa shape index (κ1) is 32.8. The van der Waals surface area contributed by atoms with Crippen molar-refractivity contribution in [2.45, 2.75) is 65.3 Å². The summed E-state index contributed by atoms with van der Waals surface area (Å²) in [5, 5.41) is 1.41. The minimum absolute atomic E-state index is 0. The normalized spacial score (nSPS) is 13.3. The first-order chi connectivity index (χ1) is 9.82. The van der Waals surface area contributed by atoms with E-state index in [1.54, 1.807) is 0 Å². The van der Waals surface area contributed by atoms with Gasteiger partial charge < -0.3 is 5.48 Å². The summed E-state index contributed by atoms with van der Waals surface area (Å²) in [4.78, 5) is 11.9. The molecule has 7 heteroatoms. The molecule has 1 saturated carbocycles. The quantitative estimate of drug-likeness (QED) is 0.336. The molecule has 0 bridgehead atoms. The number of nitrogens with two attached hydrogens (primary N) is 1. The van der Waals surface area contributed by atoms with Crippen molar-refractivity contribution in [2.75, 3.05) is 0 Å². The summed E-state index contributed by atoms with van der Waals surface area (Å²) in [6.07, 6.45) is 5.65. The number of amides is 1. The molecule has 0 heterocycles. The van der Waals surface area contributed by atoms with Gasteiger partial charge in [-0.2, -0.15) is 0 Å². The van der Waals surface area contributed by atoms with E-state index in [4.69, 9.17) is 5.84 Å². The third-order valence-electron chi connectivity index (χ3n) is 3.86. The van der Waals surface area contributed by atoms with Crippen molar-refractivity contribution in [2.24, 2.45) is 11.8 Å². The summed E-state index contributed by atoms with van der Waals surface area (Å²) in [5.41, 5.74) is 1.07. The van der Waals surface area contributed by atoms with E-state index in [1.807, 2.05) is 39.0 Å². The van der Waals surface area contributed by atoms with Crippen LogP contribution in [0.1, 0.15) is 58.4 Å². The topological polar surface area (TPSA) is 77.8 Å². The van der Waals surface area contributed by atoms with E-state index in [9.17, 15) is 4.79 Å². The Morgan fingerprint density at radius 1 is 1.04 bits per heavy atom. The van der Waals surface area contributed by atoms with Crippen molar-refractivity contribution in [1.29, 1.82) is 0 Å². The van der Waals surface area contributed by atoms with Crippen LogP contribution in [0.5, 0.6) is 0 Å². The van der Waals surface area contributed by atoms with E-state index in [2.05, 4.69) is 19.1 Å². The van der Waals surface area contributed by atoms with Gasteiger partial charge in [0.25, 0.3) is 0 Å². The van der Waals surface area contributed by atoms with Crippen LogP contribution in [-0.2, 0) is 4.79 Å². The molecule has 0 aliphatic heterocycles. The Morgan fingerprint density at radius 3 is 1.80 bits per heavy atom. The molecule has 0 atom stereocenters. The zero-order chi connectivity index (χ0) is 15.9. The summed E-state index contributed by atoms with van der Waals surface area (Å²) in [6, 6.07) is 10.3. The number of carbonyl (C=O) groups is 1. The molecule has 1 aliphatic carbocycles. The van der Waals surface area contributed by atoms with Crippen LogP contribution in [-0.4, -0.2) is 51.5 Å². The molecule has 4 nitrogen and oxygen atoms in total. The van der Waals surface area contributed by atoms with Crippen molar-refractivity contribution < 1.29 is 10.3 Å². The molecular weight excluding hydrogens is 370 g/mol. The Balaban J connectivity index is -0.000000174. The first-order valence-corrected chi connectivity index (χ1v) is 7.93. The Morgan fingerprint density at radius 2 is 1.48 bits per heavy atom. The van der Waals surface area contributed by atoms with Crippen molar-refractivity contribution in [3.63, 3.8) is 0 Å². The second-order valence-corrected chi connectivity index (χ2v) is 6.87. The molecule has 0 radical (unpaired) electrons. The zero-order valence-electron chi connectivity index (χ0n) is 15.2. The van der Waals surface area contributed by atoms with Gasteiger partial charge in [0.1, 0.15) is 0 Å². The van der Waals surface area contributed by atoms with Gasteiger partial charge in [0.05, 0.1) is 5.54 Å². The molecule has 0 unspecified atom stereocenters. The van der Waals surface area contributed by atoms with E-state index >= 15 is 0 Å². The maximum atomic E-state index is 11.9. The molecule has 1 fully saturated rings. The van der Waals surface area contributed by atoms with Crippen LogP contribution < -0.4 is 5.84 Å². The van der Waals surface area contributed by atoms with Gasteiger partial charge in [-0.15, -0.1) is 24.8 Å². The van der Waals surface area contributed by atoms with Crippen LogP contribution in [0.3, 0.4) is 0 Å². The van der Waals surface area contributed by atoms with E-state index in [-0.39, 0.29) is 77.2 Å². The van der Waals surface area contributed by atoms with E-state index < -0.39 is 0 Å². The Labute approximate surface area is 187 Å². The number of rotatable bonds is 1. The summed E-state index contributed by atoms with van der Waals surface area (Å²) in [6.45, 7) is 7.98. The van der Waals surface area contributed by atoms with Crippen LogP contribution in [0.15, 0.2) is 30.3 Å². The summed E-state index contributed by atoms with van der Waals surface area (Å²) in [7, 11) is 0. The average molecular weight is 405 g/mol. The van der Waals surface area contributed by atoms with Gasteiger partial charge in [-0.05, 0) is 40.5 Å². The molecule has 144 valence electrons. The standard InChI is InChI=1S/C11H22N2O.C7H8.2ClH.Na.H2O.H/c1-11(2,3)13(12)10(14)9-7-5-4-6-8-9;1-7-5-3-2-4-6-7;;;;;/h9H,4-8,12H2,1-3H3;2-6H,1H3;2*1H;;1H2;. The molecule has 1 aliphatic rings. The van der Waals surface area contributed by atoms with Crippen LogP contribution in [0.4, 0.5) is 0 Å². The van der Waals surface area contributed by atoms with Gasteiger partial charge in [-0.3, -0.25) is 9.80 Å². The monoisotopic (exact) mass is 404 g/mol. The second-order valence-electron chi connectivity index (χ2n) is 6.87. The van der Waals surface area contributed by atoms with Gasteiger partial charge in [-0.25, -0.2) is 5.84 Å². The molecule has 2 rings (SSSR count). The fraction of sp³-hybridized carbons (Fsp3) is 0.611. The number of aryl methyl sites for hydroxylation is 1. The van der Waals surface area contributed by atoms with Gasteiger partial charge in [-0.1, -0.05) is 55.2 Å². The van der Waals surface area contributed by atoms with E-state index in [0.717, 1.165) is 12.8 Å². The number of hydrogen-bond donors (Lipinski definition) is 1. The number of benzene rings is 1. The van der Waals surface area contributed by atoms with Crippen LogP contribution in [0.25, 0.3) is 0 Å². The molecule has 0 spiro atoms. The number of hydrogen-bond acceptors (Lipinski definition) is 2. The number of hydrazine groups is 1. The first-order valence-electron chi connectivity index (χ1n) is 7.93. The summed E-state index contributed by atoms with van der Waals surface area (Å²) >= 11 is 0. The van der Waals surface area contributed by atoms with Gasteiger partial charge >= 0.3 is 29.6 Å². The molecular formula is C18H35Cl2N2NaO2. The number of nitrogens with zero attached hydrogens (tertiary/aromatic N) is 1. The molecule has 0 aromatic heterocycles. The Hall–Kier alpha value is 0.190. The van der Waals surface area contributed by atoms with E-state index in [0.29, 0.717) is 0 Å². The fourth-order valence-electron chi connectivity index (χ4n) is 2.41. The van der Waals surface area contributed by atoms with Gasteiger partial charge in [0, 0.05) is 5.92 Å². The predicted octanol–water partition coefficient (Wildman–Crippen LogP) is 3.43. The van der Waals surface area contributed by atoms with Crippen molar-refractivity contribution >= 4 is 60.3 Å². The average Bonchev–Trinajstić information content (AvgIpc) is 2.47. The second kappa shape index (κ2) is 16.4. The van der Waals surface area contributed by atoms with Crippen molar-refractivity contribution in [1.82, 2.24) is 5.01 Å². The molecule has 25 heavy (non-hydrogen) atoms. The zero-order valence-corrected chi connectivity index (χ0v) is 16.9. The number of carbonyl (C=O) groups excluding carboxylic acids is 1. The molecule has 0 saturated heterocycles. The molecule has 1 aromatic rings. The molecule has 4 N–H and O–H groups in total. The van der Waals surface area contributed by atoms with Crippen LogP contribution in [0.2, 0.25) is 0 Å². The maximum absolute atomic E-state index is 11.9. The third-order valence-corrected chi connectivity index (χ3v) is 3.86. The SMILES string of the molecule is CC(C)(C)N(N)C(=O)C1CCCCC1.Cc1ccccc1.Cl.Cl.O.[NaH]. The third kappa shape index (κ3) is 13.1. The van der Waals surface area contributed by atoms with Crippen LogP contribution >= 0.6 is 24.8 Å². The molecule has 1 aromatic carbocycles. The Kier molecular flexibility index (Phi) is 21.5. The van der Waals surface area contributed by atoms with Crippen molar-refractivity contribution in [3.05, 3.63) is 35.9 Å². The fourth-order valence-corrected chi connectivity index (χ4v) is 2.41. The van der Waals surface area contributed by atoms with E-state index in [1.165, 1.54) is 29.8 Å². The summed E-state index contributed by atoms with van der Waals surface area (Å²) in [5.74, 6) is 6.11. The minimum atomic E-state index is -0.255. The van der Waals surface area contributed by atoms with Gasteiger partial charge in [0.15, 0.2) is 0 Å². The predicted molar refractivity (Wildman–Crippen MR) is 114 cm³/mol. The summed E-state index contributed by atoms with van der Waals surface area (Å²) < 4.78 is 0. The van der Waals surface area contributed by atoms with Crippen LogP contribution in [0, 0.1) is 12.8 Å². The number of halogens is 2. The van der Waals surface area contributed by atoms with Gasteiger partial charge in [0.2, 0.25) is 5.91 Å². The van der Waals surface area contributed by atoms with Crippen molar-refractivity contribution in [3.8, 4) is 0 Å².